The van der Waals surface area contributed by atoms with Crippen LogP contribution in [0.2, 0.25) is 0 Å². The maximum atomic E-state index is 12.4. The zero-order valence-corrected chi connectivity index (χ0v) is 12.3. The van der Waals surface area contributed by atoms with Gasteiger partial charge in [0.2, 0.25) is 0 Å². The predicted octanol–water partition coefficient (Wildman–Crippen LogP) is 0.638. The molecular formula is C14H26N2O3. The number of likely N-dealkylation sites (N-methyl/N-ethyl adjacent to an activating group) is 2. The quantitative estimate of drug-likeness (QED) is 0.688. The van der Waals surface area contributed by atoms with Gasteiger partial charge in [-0.3, -0.25) is 4.90 Å². The van der Waals surface area contributed by atoms with Crippen molar-refractivity contribution in [3.8, 4) is 0 Å². The summed E-state index contributed by atoms with van der Waals surface area (Å²) in [6.07, 6.45) is 3.26. The lowest BCUT2D eigenvalue weighted by Crippen LogP contribution is -2.61. The van der Waals surface area contributed by atoms with E-state index >= 15 is 0 Å². The normalized spacial score (nSPS) is 26.4. The van der Waals surface area contributed by atoms with Gasteiger partial charge in [0.15, 0.2) is 0 Å². The highest BCUT2D eigenvalue weighted by atomic mass is 16.5. The Morgan fingerprint density at radius 3 is 2.68 bits per heavy atom. The van der Waals surface area contributed by atoms with Gasteiger partial charge in [0, 0.05) is 19.2 Å². The Labute approximate surface area is 115 Å². The third-order valence-electron chi connectivity index (χ3n) is 4.39. The molecule has 1 N–H and O–H groups in total. The van der Waals surface area contributed by atoms with E-state index in [-0.39, 0.29) is 5.97 Å². The molecule has 0 aromatic carbocycles. The molecule has 1 saturated carbocycles. The number of ether oxygens (including phenoxy) is 2. The summed E-state index contributed by atoms with van der Waals surface area (Å²) in [6.45, 7) is 4.58. The number of hydrogen-bond acceptors (Lipinski definition) is 5. The minimum absolute atomic E-state index is 0.106. The molecule has 0 aromatic rings. The molecule has 1 heterocycles. The van der Waals surface area contributed by atoms with Crippen LogP contribution in [-0.2, 0) is 14.3 Å². The van der Waals surface area contributed by atoms with Gasteiger partial charge in [-0.05, 0) is 46.2 Å². The average molecular weight is 270 g/mol. The van der Waals surface area contributed by atoms with E-state index in [0.717, 1.165) is 32.5 Å². The highest BCUT2D eigenvalue weighted by molar-refractivity contribution is 5.82. The summed E-state index contributed by atoms with van der Waals surface area (Å²) in [6, 6.07) is 0.418. The Balaban J connectivity index is 2.06. The SMILES string of the molecule is CCOC(=O)C(CN(C)C1CCOC1)(NC)C1CC1. The van der Waals surface area contributed by atoms with Crippen LogP contribution in [0, 0.1) is 5.92 Å². The molecule has 2 rings (SSSR count). The monoisotopic (exact) mass is 270 g/mol. The van der Waals surface area contributed by atoms with Gasteiger partial charge >= 0.3 is 5.97 Å². The molecule has 0 radical (unpaired) electrons. The Bertz CT molecular complexity index is 314. The van der Waals surface area contributed by atoms with E-state index in [9.17, 15) is 4.79 Å². The van der Waals surface area contributed by atoms with Crippen molar-refractivity contribution in [2.75, 3.05) is 40.5 Å². The Morgan fingerprint density at radius 1 is 1.47 bits per heavy atom. The van der Waals surface area contributed by atoms with Crippen LogP contribution in [-0.4, -0.2) is 62.9 Å². The van der Waals surface area contributed by atoms with E-state index in [2.05, 4.69) is 17.3 Å². The number of rotatable bonds is 7. The first kappa shape index (κ1) is 14.8. The molecule has 5 nitrogen and oxygen atoms in total. The number of carbonyl (C=O) groups is 1. The number of nitrogens with one attached hydrogen (secondary N) is 1. The minimum atomic E-state index is -0.548. The maximum absolute atomic E-state index is 12.4. The third-order valence-corrected chi connectivity index (χ3v) is 4.39. The summed E-state index contributed by atoms with van der Waals surface area (Å²) >= 11 is 0. The minimum Gasteiger partial charge on any atom is -0.465 e. The Morgan fingerprint density at radius 2 is 2.21 bits per heavy atom. The molecule has 1 aliphatic heterocycles. The molecule has 1 aliphatic carbocycles. The van der Waals surface area contributed by atoms with Crippen molar-refractivity contribution in [1.29, 1.82) is 0 Å². The summed E-state index contributed by atoms with van der Waals surface area (Å²) in [5.41, 5.74) is -0.548. The van der Waals surface area contributed by atoms with E-state index in [4.69, 9.17) is 9.47 Å². The highest BCUT2D eigenvalue weighted by Gasteiger charge is 2.52. The second-order valence-electron chi connectivity index (χ2n) is 5.65. The van der Waals surface area contributed by atoms with Crippen molar-refractivity contribution in [1.82, 2.24) is 10.2 Å². The topological polar surface area (TPSA) is 50.8 Å². The lowest BCUT2D eigenvalue weighted by atomic mass is 9.92. The Kier molecular flexibility index (Phi) is 4.81. The lowest BCUT2D eigenvalue weighted by Gasteiger charge is -2.37. The van der Waals surface area contributed by atoms with Crippen LogP contribution in [0.3, 0.4) is 0 Å². The summed E-state index contributed by atoms with van der Waals surface area (Å²) < 4.78 is 10.7. The second-order valence-corrected chi connectivity index (χ2v) is 5.65. The highest BCUT2D eigenvalue weighted by Crippen LogP contribution is 2.41. The van der Waals surface area contributed by atoms with Gasteiger partial charge in [-0.1, -0.05) is 0 Å². The fourth-order valence-electron chi connectivity index (χ4n) is 2.97. The summed E-state index contributed by atoms with van der Waals surface area (Å²) in [5, 5.41) is 3.26. The van der Waals surface area contributed by atoms with E-state index in [1.165, 1.54) is 0 Å². The van der Waals surface area contributed by atoms with Gasteiger partial charge in [-0.15, -0.1) is 0 Å². The lowest BCUT2D eigenvalue weighted by molar-refractivity contribution is -0.153. The standard InChI is InChI=1S/C14H26N2O3/c1-4-19-13(17)14(15-2,11-5-6-11)10-16(3)12-7-8-18-9-12/h11-12,15H,4-10H2,1-3H3. The zero-order valence-electron chi connectivity index (χ0n) is 12.3. The largest absolute Gasteiger partial charge is 0.465 e. The van der Waals surface area contributed by atoms with Gasteiger partial charge < -0.3 is 14.8 Å². The molecule has 0 spiro atoms. The van der Waals surface area contributed by atoms with Crippen LogP contribution < -0.4 is 5.32 Å². The van der Waals surface area contributed by atoms with Crippen LogP contribution in [0.1, 0.15) is 26.2 Å². The number of carbonyl (C=O) groups excluding carboxylic acids is 1. The summed E-state index contributed by atoms with van der Waals surface area (Å²) in [7, 11) is 3.95. The molecule has 2 fully saturated rings. The van der Waals surface area contributed by atoms with Crippen LogP contribution >= 0.6 is 0 Å². The average Bonchev–Trinajstić information content (AvgIpc) is 3.10. The summed E-state index contributed by atoms with van der Waals surface area (Å²) in [5.74, 6) is 0.298. The molecule has 110 valence electrons. The fourth-order valence-corrected chi connectivity index (χ4v) is 2.97. The van der Waals surface area contributed by atoms with Crippen molar-refractivity contribution < 1.29 is 14.3 Å². The van der Waals surface area contributed by atoms with Crippen LogP contribution in [0.15, 0.2) is 0 Å². The Hall–Kier alpha value is -0.650. The van der Waals surface area contributed by atoms with Gasteiger partial charge in [-0.2, -0.15) is 0 Å². The molecule has 1 saturated heterocycles. The zero-order chi connectivity index (χ0) is 13.9. The molecular weight excluding hydrogens is 244 g/mol. The molecule has 2 aliphatic rings. The van der Waals surface area contributed by atoms with Crippen LogP contribution in [0.4, 0.5) is 0 Å². The first-order valence-electron chi connectivity index (χ1n) is 7.28. The third kappa shape index (κ3) is 3.09. The number of esters is 1. The first-order chi connectivity index (χ1) is 9.14. The van der Waals surface area contributed by atoms with Crippen molar-refractivity contribution in [3.63, 3.8) is 0 Å². The van der Waals surface area contributed by atoms with Crippen molar-refractivity contribution in [2.24, 2.45) is 5.92 Å². The van der Waals surface area contributed by atoms with Crippen LogP contribution in [0.5, 0.6) is 0 Å². The first-order valence-corrected chi connectivity index (χ1v) is 7.28. The molecule has 0 bridgehead atoms. The molecule has 19 heavy (non-hydrogen) atoms. The smallest absolute Gasteiger partial charge is 0.327 e. The van der Waals surface area contributed by atoms with Gasteiger partial charge in [-0.25, -0.2) is 4.79 Å². The van der Waals surface area contributed by atoms with Gasteiger partial charge in [0.05, 0.1) is 13.2 Å². The molecule has 2 atom stereocenters. The maximum Gasteiger partial charge on any atom is 0.327 e. The van der Waals surface area contributed by atoms with Crippen LogP contribution in [0.25, 0.3) is 0 Å². The van der Waals surface area contributed by atoms with E-state index in [0.29, 0.717) is 25.1 Å². The number of nitrogens with zero attached hydrogens (tertiary/aromatic N) is 1. The molecule has 5 heteroatoms. The van der Waals surface area contributed by atoms with Crippen molar-refractivity contribution in [2.45, 2.75) is 37.8 Å². The molecule has 0 amide bonds. The predicted molar refractivity (Wildman–Crippen MR) is 73.0 cm³/mol. The summed E-state index contributed by atoms with van der Waals surface area (Å²) in [4.78, 5) is 14.6. The van der Waals surface area contributed by atoms with Crippen molar-refractivity contribution in [3.05, 3.63) is 0 Å². The van der Waals surface area contributed by atoms with Gasteiger partial charge in [0.25, 0.3) is 0 Å². The van der Waals surface area contributed by atoms with E-state index in [1.807, 2.05) is 14.0 Å². The molecule has 2 unspecified atom stereocenters. The van der Waals surface area contributed by atoms with Gasteiger partial charge in [0.1, 0.15) is 5.54 Å². The fraction of sp³-hybridized carbons (Fsp3) is 0.929. The number of hydrogen-bond donors (Lipinski definition) is 1. The van der Waals surface area contributed by atoms with Crippen molar-refractivity contribution >= 4 is 5.97 Å². The van der Waals surface area contributed by atoms with E-state index < -0.39 is 5.54 Å². The van der Waals surface area contributed by atoms with E-state index in [1.54, 1.807) is 0 Å². The second kappa shape index (κ2) is 6.20. The molecule has 0 aromatic heterocycles.